The van der Waals surface area contributed by atoms with E-state index in [1.807, 2.05) is 11.3 Å². The first kappa shape index (κ1) is 18.8. The number of anilines is 1. The van der Waals surface area contributed by atoms with Crippen LogP contribution in [0.4, 0.5) is 5.95 Å². The second kappa shape index (κ2) is 7.23. The third kappa shape index (κ3) is 2.72. The van der Waals surface area contributed by atoms with E-state index in [9.17, 15) is 0 Å². The highest BCUT2D eigenvalue weighted by Gasteiger charge is 2.45. The largest absolute Gasteiger partial charge is 0.372 e. The van der Waals surface area contributed by atoms with E-state index in [1.54, 1.807) is 23.5 Å². The number of rotatable bonds is 4. The van der Waals surface area contributed by atoms with Crippen LogP contribution in [-0.2, 0) is 17.8 Å². The van der Waals surface area contributed by atoms with Gasteiger partial charge in [-0.3, -0.25) is 10.3 Å². The number of amidine groups is 1. The first-order chi connectivity index (χ1) is 13.6. The van der Waals surface area contributed by atoms with E-state index < -0.39 is 0 Å². The van der Waals surface area contributed by atoms with Gasteiger partial charge in [-0.2, -0.15) is 5.10 Å². The van der Waals surface area contributed by atoms with Gasteiger partial charge in [-0.05, 0) is 23.0 Å². The van der Waals surface area contributed by atoms with Crippen molar-refractivity contribution >= 4 is 46.0 Å². The number of ether oxygens (including phenoxy) is 1. The summed E-state index contributed by atoms with van der Waals surface area (Å²) in [4.78, 5) is 3.55. The van der Waals surface area contributed by atoms with Gasteiger partial charge in [0, 0.05) is 16.9 Å². The number of nitrogens with zero attached hydrogens (tertiary/aromatic N) is 5. The van der Waals surface area contributed by atoms with E-state index in [2.05, 4.69) is 57.9 Å². The van der Waals surface area contributed by atoms with Crippen molar-refractivity contribution in [2.24, 2.45) is 11.0 Å². The molecule has 0 amide bonds. The molecule has 2 atom stereocenters. The molecule has 28 heavy (non-hydrogen) atoms. The zero-order valence-electron chi connectivity index (χ0n) is 16.4. The van der Waals surface area contributed by atoms with Crippen molar-refractivity contribution in [3.63, 3.8) is 0 Å². The molecule has 5 heterocycles. The van der Waals surface area contributed by atoms with Crippen LogP contribution in [0.5, 0.6) is 0 Å². The Bertz CT molecular complexity index is 936. The van der Waals surface area contributed by atoms with Crippen molar-refractivity contribution in [1.82, 2.24) is 20.2 Å². The van der Waals surface area contributed by atoms with E-state index in [1.165, 1.54) is 21.0 Å². The van der Waals surface area contributed by atoms with Gasteiger partial charge in [0.2, 0.25) is 5.95 Å². The smallest absolute Gasteiger partial charge is 0.241 e. The summed E-state index contributed by atoms with van der Waals surface area (Å²) in [5, 5.41) is 16.8. The highest BCUT2D eigenvalue weighted by atomic mass is 32.2. The van der Waals surface area contributed by atoms with E-state index in [-0.39, 0.29) is 12.3 Å². The summed E-state index contributed by atoms with van der Waals surface area (Å²) in [6.07, 6.45) is 1.21. The molecular formula is C18H24N6OS3. The number of hydrogen-bond acceptors (Lipinski definition) is 9. The molecule has 2 aromatic rings. The number of hydrazone groups is 1. The maximum atomic E-state index is 6.16. The summed E-state index contributed by atoms with van der Waals surface area (Å²) in [5.41, 5.74) is 6.14. The Balaban J connectivity index is 1.67. The van der Waals surface area contributed by atoms with Crippen LogP contribution in [-0.4, -0.2) is 37.5 Å². The van der Waals surface area contributed by atoms with Crippen LogP contribution in [0.2, 0.25) is 0 Å². The fraction of sp³-hybridized carbons (Fsp3) is 0.611. The number of hydrogen-bond donors (Lipinski definition) is 1. The third-order valence-electron chi connectivity index (χ3n) is 5.29. The van der Waals surface area contributed by atoms with Crippen LogP contribution in [0.25, 0.3) is 5.00 Å². The van der Waals surface area contributed by atoms with E-state index in [4.69, 9.17) is 4.74 Å². The van der Waals surface area contributed by atoms with Crippen molar-refractivity contribution in [3.05, 3.63) is 16.0 Å². The SMILES string of the molecule is CCSC1=NNC2c3c(sc4c3CC(C(C)C)OC4)-n3c(SCC)nnc3N12. The summed E-state index contributed by atoms with van der Waals surface area (Å²) < 4.78 is 8.39. The average Bonchev–Trinajstić information content (AvgIpc) is 3.36. The molecule has 0 saturated carbocycles. The molecule has 5 rings (SSSR count). The normalized spacial score (nSPS) is 22.5. The minimum atomic E-state index is -0.00820. The average molecular weight is 437 g/mol. The zero-order chi connectivity index (χ0) is 19.4. The monoisotopic (exact) mass is 436 g/mol. The molecule has 3 aliphatic rings. The van der Waals surface area contributed by atoms with Crippen LogP contribution in [0, 0.1) is 5.92 Å². The molecule has 1 N–H and O–H groups in total. The van der Waals surface area contributed by atoms with Gasteiger partial charge in [0.1, 0.15) is 5.00 Å². The number of thioether (sulfide) groups is 2. The topological polar surface area (TPSA) is 67.6 Å². The van der Waals surface area contributed by atoms with Crippen molar-refractivity contribution in [2.45, 2.75) is 58.1 Å². The zero-order valence-corrected chi connectivity index (χ0v) is 18.9. The van der Waals surface area contributed by atoms with Crippen LogP contribution in [0.3, 0.4) is 0 Å². The summed E-state index contributed by atoms with van der Waals surface area (Å²) in [5.74, 6) is 3.28. The predicted octanol–water partition coefficient (Wildman–Crippen LogP) is 3.98. The Hall–Kier alpha value is -1.23. The first-order valence-corrected chi connectivity index (χ1v) is 12.5. The summed E-state index contributed by atoms with van der Waals surface area (Å²) >= 11 is 5.29. The van der Waals surface area contributed by atoms with E-state index in [0.717, 1.165) is 34.2 Å². The number of fused-ring (bicyclic) bond motifs is 8. The molecule has 0 bridgehead atoms. The fourth-order valence-corrected chi connectivity index (χ4v) is 6.65. The second-order valence-electron chi connectivity index (χ2n) is 7.30. The number of aromatic nitrogens is 3. The molecule has 0 aliphatic carbocycles. The first-order valence-electron chi connectivity index (χ1n) is 9.73. The predicted molar refractivity (Wildman–Crippen MR) is 117 cm³/mol. The highest BCUT2D eigenvalue weighted by Crippen LogP contribution is 2.49. The molecule has 2 unspecified atom stereocenters. The van der Waals surface area contributed by atoms with Crippen LogP contribution in [0.1, 0.15) is 49.9 Å². The molecule has 7 nitrogen and oxygen atoms in total. The molecule has 0 radical (unpaired) electrons. The van der Waals surface area contributed by atoms with Gasteiger partial charge in [-0.1, -0.05) is 51.2 Å². The van der Waals surface area contributed by atoms with E-state index >= 15 is 0 Å². The molecule has 0 aromatic carbocycles. The van der Waals surface area contributed by atoms with Crippen molar-refractivity contribution in [3.8, 4) is 5.00 Å². The maximum absolute atomic E-state index is 6.16. The molecular weight excluding hydrogens is 412 g/mol. The van der Waals surface area contributed by atoms with Gasteiger partial charge in [0.15, 0.2) is 16.5 Å². The number of thiophene rings is 1. The Morgan fingerprint density at radius 3 is 2.82 bits per heavy atom. The second-order valence-corrected chi connectivity index (χ2v) is 10.8. The van der Waals surface area contributed by atoms with Gasteiger partial charge in [-0.25, -0.2) is 4.57 Å². The van der Waals surface area contributed by atoms with Crippen molar-refractivity contribution in [2.75, 3.05) is 16.4 Å². The minimum Gasteiger partial charge on any atom is -0.372 e. The summed E-state index contributed by atoms with van der Waals surface area (Å²) in [6.45, 7) is 9.46. The van der Waals surface area contributed by atoms with Gasteiger partial charge in [0.05, 0.1) is 12.7 Å². The number of nitrogens with one attached hydrogen (secondary N) is 1. The maximum Gasteiger partial charge on any atom is 0.241 e. The molecule has 0 spiro atoms. The molecule has 10 heteroatoms. The van der Waals surface area contributed by atoms with Gasteiger partial charge >= 0.3 is 0 Å². The lowest BCUT2D eigenvalue weighted by Crippen LogP contribution is -2.38. The molecule has 0 saturated heterocycles. The van der Waals surface area contributed by atoms with Gasteiger partial charge in [0.25, 0.3) is 0 Å². The Morgan fingerprint density at radius 2 is 2.07 bits per heavy atom. The van der Waals surface area contributed by atoms with Crippen molar-refractivity contribution in [1.29, 1.82) is 0 Å². The van der Waals surface area contributed by atoms with Gasteiger partial charge < -0.3 is 4.74 Å². The lowest BCUT2D eigenvalue weighted by molar-refractivity contribution is 0.00135. The lowest BCUT2D eigenvalue weighted by atomic mass is 9.93. The minimum absolute atomic E-state index is 0.00820. The molecule has 150 valence electrons. The third-order valence-corrected chi connectivity index (χ3v) is 8.14. The molecule has 2 aromatic heterocycles. The highest BCUT2D eigenvalue weighted by molar-refractivity contribution is 8.14. The van der Waals surface area contributed by atoms with Crippen LogP contribution in [0.15, 0.2) is 10.3 Å². The standard InChI is InChI=1S/C18H24N6OS3/c1-5-26-17-21-19-14-13-10-7-11(9(3)4)25-8-12(10)28-15(13)24-16(23(14)17)20-22-18(24)27-6-2/h9,11,14,19H,5-8H2,1-4H3. The van der Waals surface area contributed by atoms with Crippen LogP contribution >= 0.6 is 34.9 Å². The van der Waals surface area contributed by atoms with Crippen LogP contribution < -0.4 is 10.3 Å². The summed E-state index contributed by atoms with van der Waals surface area (Å²) in [6, 6.07) is 0. The quantitative estimate of drug-likeness (QED) is 0.727. The van der Waals surface area contributed by atoms with Gasteiger partial charge in [-0.15, -0.1) is 21.5 Å². The van der Waals surface area contributed by atoms with E-state index in [0.29, 0.717) is 12.5 Å². The summed E-state index contributed by atoms with van der Waals surface area (Å²) in [7, 11) is 0. The molecule has 0 fully saturated rings. The molecule has 3 aliphatic heterocycles. The van der Waals surface area contributed by atoms with Crippen molar-refractivity contribution < 1.29 is 4.74 Å². The Morgan fingerprint density at radius 1 is 1.25 bits per heavy atom. The Kier molecular flexibility index (Phi) is 4.85. The fourth-order valence-electron chi connectivity index (χ4n) is 3.95. The lowest BCUT2D eigenvalue weighted by Gasteiger charge is -2.33. The Labute approximate surface area is 177 Å².